The van der Waals surface area contributed by atoms with Gasteiger partial charge < -0.3 is 10.6 Å². The Hall–Kier alpha value is -0.120. The second-order valence-electron chi connectivity index (χ2n) is 8.41. The molecule has 118 valence electrons. The summed E-state index contributed by atoms with van der Waals surface area (Å²) in [7, 11) is 2.23. The zero-order valence-corrected chi connectivity index (χ0v) is 14.2. The van der Waals surface area contributed by atoms with Gasteiger partial charge in [0.15, 0.2) is 0 Å². The third-order valence-electron chi connectivity index (χ3n) is 5.70. The summed E-state index contributed by atoms with van der Waals surface area (Å²) in [5.41, 5.74) is 6.87. The molecule has 1 saturated heterocycles. The van der Waals surface area contributed by atoms with Crippen LogP contribution in [0.3, 0.4) is 0 Å². The summed E-state index contributed by atoms with van der Waals surface area (Å²) in [4.78, 5) is 5.12. The van der Waals surface area contributed by atoms with Crippen LogP contribution in [0.2, 0.25) is 0 Å². The Kier molecular flexibility index (Phi) is 5.14. The Morgan fingerprint density at radius 2 is 1.85 bits per heavy atom. The molecule has 0 spiro atoms. The van der Waals surface area contributed by atoms with Crippen molar-refractivity contribution >= 4 is 0 Å². The van der Waals surface area contributed by atoms with Crippen LogP contribution in [0.5, 0.6) is 0 Å². The fraction of sp³-hybridized carbons (Fsp3) is 1.00. The first-order chi connectivity index (χ1) is 9.27. The van der Waals surface area contributed by atoms with Crippen LogP contribution in [0.4, 0.5) is 0 Å². The summed E-state index contributed by atoms with van der Waals surface area (Å²) in [5, 5.41) is 0. The Balaban J connectivity index is 1.93. The normalized spacial score (nSPS) is 38.1. The highest BCUT2D eigenvalue weighted by atomic mass is 15.3. The Labute approximate surface area is 125 Å². The molecule has 2 N–H and O–H groups in total. The Morgan fingerprint density at radius 3 is 2.45 bits per heavy atom. The number of nitrogens with two attached hydrogens (primary N) is 1. The molecule has 4 unspecified atom stereocenters. The molecular weight excluding hydrogens is 246 g/mol. The monoisotopic (exact) mass is 281 g/mol. The van der Waals surface area contributed by atoms with E-state index in [9.17, 15) is 0 Å². The van der Waals surface area contributed by atoms with E-state index in [0.717, 1.165) is 5.92 Å². The van der Waals surface area contributed by atoms with Crippen LogP contribution in [0.1, 0.15) is 47.0 Å². The fourth-order valence-corrected chi connectivity index (χ4v) is 4.03. The molecule has 1 heterocycles. The molecule has 2 rings (SSSR count). The first-order valence-corrected chi connectivity index (χ1v) is 8.45. The smallest absolute Gasteiger partial charge is 0.0195 e. The lowest BCUT2D eigenvalue weighted by atomic mass is 9.67. The van der Waals surface area contributed by atoms with Gasteiger partial charge in [-0.15, -0.1) is 0 Å². The molecule has 0 aromatic carbocycles. The molecule has 0 aromatic rings. The predicted octanol–water partition coefficient (Wildman–Crippen LogP) is 2.41. The van der Waals surface area contributed by atoms with Gasteiger partial charge in [-0.1, -0.05) is 20.8 Å². The van der Waals surface area contributed by atoms with Crippen molar-refractivity contribution in [1.29, 1.82) is 0 Å². The van der Waals surface area contributed by atoms with Crippen molar-refractivity contribution in [3.05, 3.63) is 0 Å². The molecule has 1 aliphatic carbocycles. The van der Waals surface area contributed by atoms with Crippen molar-refractivity contribution in [3.8, 4) is 0 Å². The van der Waals surface area contributed by atoms with E-state index in [1.807, 2.05) is 0 Å². The third-order valence-corrected chi connectivity index (χ3v) is 5.70. The molecule has 2 aliphatic rings. The van der Waals surface area contributed by atoms with Gasteiger partial charge in [-0.2, -0.15) is 0 Å². The number of hydrogen-bond acceptors (Lipinski definition) is 3. The predicted molar refractivity (Wildman–Crippen MR) is 86.8 cm³/mol. The zero-order chi connectivity index (χ0) is 14.9. The molecule has 20 heavy (non-hydrogen) atoms. The average molecular weight is 281 g/mol. The largest absolute Gasteiger partial charge is 0.327 e. The second-order valence-corrected chi connectivity index (χ2v) is 8.41. The minimum Gasteiger partial charge on any atom is -0.327 e. The average Bonchev–Trinajstić information content (AvgIpc) is 2.33. The maximum Gasteiger partial charge on any atom is 0.0195 e. The minimum atomic E-state index is 0.417. The molecule has 0 amide bonds. The molecule has 0 bridgehead atoms. The number of nitrogens with zero attached hydrogens (tertiary/aromatic N) is 2. The van der Waals surface area contributed by atoms with E-state index < -0.39 is 0 Å². The summed E-state index contributed by atoms with van der Waals surface area (Å²) >= 11 is 0. The minimum absolute atomic E-state index is 0.417. The van der Waals surface area contributed by atoms with E-state index >= 15 is 0 Å². The summed E-state index contributed by atoms with van der Waals surface area (Å²) in [6, 6.07) is 1.09. The van der Waals surface area contributed by atoms with Crippen LogP contribution in [0, 0.1) is 17.3 Å². The standard InChI is InChI=1S/C17H35N3/c1-13-11-19(5)8-9-20(13)12-14-10-15(17(2,3)4)6-7-16(14)18/h13-16H,6-12,18H2,1-5H3. The van der Waals surface area contributed by atoms with Crippen molar-refractivity contribution < 1.29 is 0 Å². The number of piperazine rings is 1. The molecule has 1 aliphatic heterocycles. The second kappa shape index (κ2) is 6.33. The molecule has 0 aromatic heterocycles. The molecule has 2 fully saturated rings. The van der Waals surface area contributed by atoms with Gasteiger partial charge >= 0.3 is 0 Å². The summed E-state index contributed by atoms with van der Waals surface area (Å²) in [6.07, 6.45) is 3.86. The summed E-state index contributed by atoms with van der Waals surface area (Å²) in [6.45, 7) is 14.4. The van der Waals surface area contributed by atoms with Crippen LogP contribution < -0.4 is 5.73 Å². The van der Waals surface area contributed by atoms with Gasteiger partial charge in [0, 0.05) is 38.3 Å². The SMILES string of the molecule is CC1CN(C)CCN1CC1CC(C(C)(C)C)CCC1N. The number of rotatable bonds is 2. The Morgan fingerprint density at radius 1 is 1.15 bits per heavy atom. The number of hydrogen-bond donors (Lipinski definition) is 1. The van der Waals surface area contributed by atoms with E-state index in [-0.39, 0.29) is 0 Å². The highest BCUT2D eigenvalue weighted by molar-refractivity contribution is 4.90. The van der Waals surface area contributed by atoms with Gasteiger partial charge in [0.2, 0.25) is 0 Å². The van der Waals surface area contributed by atoms with Crippen molar-refractivity contribution in [1.82, 2.24) is 9.80 Å². The molecule has 1 saturated carbocycles. The van der Waals surface area contributed by atoms with Crippen LogP contribution >= 0.6 is 0 Å². The third kappa shape index (κ3) is 3.96. The van der Waals surface area contributed by atoms with Crippen LogP contribution in [0.25, 0.3) is 0 Å². The van der Waals surface area contributed by atoms with Gasteiger partial charge in [-0.25, -0.2) is 0 Å². The molecule has 3 heteroatoms. The first-order valence-electron chi connectivity index (χ1n) is 8.45. The van der Waals surface area contributed by atoms with Gasteiger partial charge in [0.05, 0.1) is 0 Å². The zero-order valence-electron chi connectivity index (χ0n) is 14.2. The highest BCUT2D eigenvalue weighted by Crippen LogP contribution is 2.40. The molecule has 4 atom stereocenters. The van der Waals surface area contributed by atoms with E-state index in [4.69, 9.17) is 5.73 Å². The Bertz CT molecular complexity index is 310. The maximum absolute atomic E-state index is 6.44. The van der Waals surface area contributed by atoms with Crippen LogP contribution in [-0.4, -0.2) is 55.1 Å². The van der Waals surface area contributed by atoms with Gasteiger partial charge in [0.1, 0.15) is 0 Å². The maximum atomic E-state index is 6.44. The van der Waals surface area contributed by atoms with Crippen LogP contribution in [-0.2, 0) is 0 Å². The van der Waals surface area contributed by atoms with Gasteiger partial charge in [-0.3, -0.25) is 4.90 Å². The van der Waals surface area contributed by atoms with Crippen molar-refractivity contribution in [2.75, 3.05) is 33.2 Å². The quantitative estimate of drug-likeness (QED) is 0.844. The fourth-order valence-electron chi connectivity index (χ4n) is 4.03. The summed E-state index contributed by atoms with van der Waals surface area (Å²) in [5.74, 6) is 1.54. The number of likely N-dealkylation sites (N-methyl/N-ethyl adjacent to an activating group) is 1. The first kappa shape index (κ1) is 16.3. The van der Waals surface area contributed by atoms with E-state index in [1.54, 1.807) is 0 Å². The lowest BCUT2D eigenvalue weighted by Gasteiger charge is -2.45. The molecule has 3 nitrogen and oxygen atoms in total. The lowest BCUT2D eigenvalue weighted by Crippen LogP contribution is -2.54. The van der Waals surface area contributed by atoms with Crippen molar-refractivity contribution in [2.24, 2.45) is 23.0 Å². The summed E-state index contributed by atoms with van der Waals surface area (Å²) < 4.78 is 0. The van der Waals surface area contributed by atoms with Crippen molar-refractivity contribution in [3.63, 3.8) is 0 Å². The molecular formula is C17H35N3. The van der Waals surface area contributed by atoms with Crippen LogP contribution in [0.15, 0.2) is 0 Å². The van der Waals surface area contributed by atoms with E-state index in [2.05, 4.69) is 44.5 Å². The lowest BCUT2D eigenvalue weighted by molar-refractivity contribution is 0.0516. The van der Waals surface area contributed by atoms with Crippen molar-refractivity contribution in [2.45, 2.75) is 59.0 Å². The topological polar surface area (TPSA) is 32.5 Å². The van der Waals surface area contributed by atoms with E-state index in [0.29, 0.717) is 23.4 Å². The highest BCUT2D eigenvalue weighted by Gasteiger charge is 2.36. The van der Waals surface area contributed by atoms with Gasteiger partial charge in [-0.05, 0) is 50.5 Å². The van der Waals surface area contributed by atoms with Gasteiger partial charge in [0.25, 0.3) is 0 Å². The molecule has 0 radical (unpaired) electrons. The van der Waals surface area contributed by atoms with E-state index in [1.165, 1.54) is 45.4 Å².